The van der Waals surface area contributed by atoms with Gasteiger partial charge in [0.2, 0.25) is 0 Å². The highest BCUT2D eigenvalue weighted by atomic mass is 19.4. The highest BCUT2D eigenvalue weighted by Gasteiger charge is 2.28. The molecule has 0 aliphatic rings. The molecule has 0 saturated heterocycles. The van der Waals surface area contributed by atoms with Gasteiger partial charge in [0.25, 0.3) is 0 Å². The number of aliphatic hydroxyl groups excluding tert-OH is 1. The zero-order chi connectivity index (χ0) is 11.5. The van der Waals surface area contributed by atoms with E-state index in [0.717, 1.165) is 18.2 Å². The molecule has 6 heteroatoms. The van der Waals surface area contributed by atoms with Gasteiger partial charge in [-0.1, -0.05) is 0 Å². The summed E-state index contributed by atoms with van der Waals surface area (Å²) < 4.78 is 52.4. The van der Waals surface area contributed by atoms with E-state index in [4.69, 9.17) is 5.11 Å². The Kier molecular flexibility index (Phi) is 3.52. The van der Waals surface area contributed by atoms with Crippen LogP contribution in [-0.4, -0.2) is 17.9 Å². The van der Waals surface area contributed by atoms with Crippen LogP contribution in [0.5, 0.6) is 5.75 Å². The molecule has 15 heavy (non-hydrogen) atoms. The highest BCUT2D eigenvalue weighted by Crippen LogP contribution is 2.20. The lowest BCUT2D eigenvalue weighted by Gasteiger charge is -2.09. The zero-order valence-corrected chi connectivity index (χ0v) is 7.51. The van der Waals surface area contributed by atoms with E-state index in [2.05, 4.69) is 4.74 Å². The summed E-state index contributed by atoms with van der Waals surface area (Å²) >= 11 is 0. The molecule has 0 amide bonds. The Morgan fingerprint density at radius 3 is 2.47 bits per heavy atom. The van der Waals surface area contributed by atoms with Gasteiger partial charge in [0.1, 0.15) is 11.6 Å². The van der Waals surface area contributed by atoms with E-state index in [1.165, 1.54) is 0 Å². The molecule has 1 N–H and O–H groups in total. The molecule has 1 rings (SSSR count). The number of halogens is 4. The van der Waals surface area contributed by atoms with E-state index in [-0.39, 0.29) is 11.3 Å². The molecule has 0 heterocycles. The third-order valence-electron chi connectivity index (χ3n) is 1.59. The quantitative estimate of drug-likeness (QED) is 0.798. The van der Waals surface area contributed by atoms with Gasteiger partial charge in [-0.25, -0.2) is 4.39 Å². The summed E-state index contributed by atoms with van der Waals surface area (Å²) in [6, 6.07) is 3.04. The third kappa shape index (κ3) is 3.75. The fourth-order valence-electron chi connectivity index (χ4n) is 0.927. The van der Waals surface area contributed by atoms with Crippen LogP contribution in [0.1, 0.15) is 5.56 Å². The number of alkyl halides is 3. The van der Waals surface area contributed by atoms with E-state index < -0.39 is 25.2 Å². The standard InChI is InChI=1S/C9H8F4O2/c10-8-2-1-7(3-6(8)4-14)15-5-9(11,12)13/h1-3,14H,4-5H2. The smallest absolute Gasteiger partial charge is 0.422 e. The van der Waals surface area contributed by atoms with Crippen molar-refractivity contribution in [2.45, 2.75) is 12.8 Å². The molecule has 0 spiro atoms. The van der Waals surface area contributed by atoms with Gasteiger partial charge in [0.05, 0.1) is 6.61 Å². The van der Waals surface area contributed by atoms with Crippen molar-refractivity contribution in [1.29, 1.82) is 0 Å². The first-order valence-electron chi connectivity index (χ1n) is 4.01. The Labute approximate surface area is 83.1 Å². The molecule has 1 aromatic carbocycles. The van der Waals surface area contributed by atoms with Crippen LogP contribution in [0.2, 0.25) is 0 Å². The summed E-state index contributed by atoms with van der Waals surface area (Å²) in [7, 11) is 0. The lowest BCUT2D eigenvalue weighted by molar-refractivity contribution is -0.153. The van der Waals surface area contributed by atoms with Crippen molar-refractivity contribution in [3.8, 4) is 5.75 Å². The van der Waals surface area contributed by atoms with Crippen molar-refractivity contribution in [2.75, 3.05) is 6.61 Å². The first-order valence-corrected chi connectivity index (χ1v) is 4.01. The fourth-order valence-corrected chi connectivity index (χ4v) is 0.927. The minimum Gasteiger partial charge on any atom is -0.484 e. The van der Waals surface area contributed by atoms with Gasteiger partial charge in [-0.05, 0) is 18.2 Å². The average molecular weight is 224 g/mol. The van der Waals surface area contributed by atoms with Gasteiger partial charge >= 0.3 is 6.18 Å². The van der Waals surface area contributed by atoms with Gasteiger partial charge in [0.15, 0.2) is 6.61 Å². The Bertz CT molecular complexity index is 335. The molecule has 2 nitrogen and oxygen atoms in total. The SMILES string of the molecule is OCc1cc(OCC(F)(F)F)ccc1F. The van der Waals surface area contributed by atoms with Crippen LogP contribution in [0, 0.1) is 5.82 Å². The van der Waals surface area contributed by atoms with E-state index in [1.54, 1.807) is 0 Å². The predicted molar refractivity (Wildman–Crippen MR) is 43.9 cm³/mol. The maximum absolute atomic E-state index is 12.8. The van der Waals surface area contributed by atoms with Gasteiger partial charge in [-0.3, -0.25) is 0 Å². The molecule has 1 aromatic rings. The van der Waals surface area contributed by atoms with Crippen molar-refractivity contribution in [2.24, 2.45) is 0 Å². The van der Waals surface area contributed by atoms with Gasteiger partial charge in [0, 0.05) is 5.56 Å². The molecule has 0 aliphatic heterocycles. The fraction of sp³-hybridized carbons (Fsp3) is 0.333. The molecule has 0 atom stereocenters. The van der Waals surface area contributed by atoms with Gasteiger partial charge < -0.3 is 9.84 Å². The summed E-state index contributed by atoms with van der Waals surface area (Å²) in [5.41, 5.74) is -0.102. The van der Waals surface area contributed by atoms with Crippen LogP contribution in [0.25, 0.3) is 0 Å². The number of ether oxygens (including phenoxy) is 1. The Hall–Kier alpha value is -1.30. The Morgan fingerprint density at radius 2 is 1.93 bits per heavy atom. The van der Waals surface area contributed by atoms with Crippen LogP contribution >= 0.6 is 0 Å². The molecule has 0 unspecified atom stereocenters. The van der Waals surface area contributed by atoms with Crippen LogP contribution in [0.4, 0.5) is 17.6 Å². The normalized spacial score (nSPS) is 11.5. The zero-order valence-electron chi connectivity index (χ0n) is 7.51. The van der Waals surface area contributed by atoms with Crippen molar-refractivity contribution >= 4 is 0 Å². The van der Waals surface area contributed by atoms with Crippen molar-refractivity contribution < 1.29 is 27.4 Å². The van der Waals surface area contributed by atoms with E-state index in [0.29, 0.717) is 0 Å². The summed E-state index contributed by atoms with van der Waals surface area (Å²) in [6.45, 7) is -2.03. The number of hydrogen-bond donors (Lipinski definition) is 1. The molecule has 0 radical (unpaired) electrons. The Balaban J connectivity index is 2.70. The number of hydrogen-bond acceptors (Lipinski definition) is 2. The minimum absolute atomic E-state index is 0.102. The molecular formula is C9H8F4O2. The first kappa shape index (κ1) is 11.8. The lowest BCUT2D eigenvalue weighted by Crippen LogP contribution is -2.19. The summed E-state index contributed by atoms with van der Waals surface area (Å²) in [4.78, 5) is 0. The molecular weight excluding hydrogens is 216 g/mol. The second-order valence-electron chi connectivity index (χ2n) is 2.82. The summed E-state index contributed by atoms with van der Waals surface area (Å²) in [5, 5.41) is 8.65. The summed E-state index contributed by atoms with van der Waals surface area (Å²) in [6.07, 6.45) is -4.44. The van der Waals surface area contributed by atoms with Gasteiger partial charge in [-0.2, -0.15) is 13.2 Å². The lowest BCUT2D eigenvalue weighted by atomic mass is 10.2. The molecule has 0 aromatic heterocycles. The maximum atomic E-state index is 12.8. The van der Waals surface area contributed by atoms with E-state index in [9.17, 15) is 17.6 Å². The third-order valence-corrected chi connectivity index (χ3v) is 1.59. The van der Waals surface area contributed by atoms with Crippen LogP contribution in [0.15, 0.2) is 18.2 Å². The topological polar surface area (TPSA) is 29.5 Å². The number of aliphatic hydroxyl groups is 1. The largest absolute Gasteiger partial charge is 0.484 e. The molecule has 0 saturated carbocycles. The van der Waals surface area contributed by atoms with Crippen LogP contribution < -0.4 is 4.74 Å². The number of rotatable bonds is 3. The monoisotopic (exact) mass is 224 g/mol. The van der Waals surface area contributed by atoms with Gasteiger partial charge in [-0.15, -0.1) is 0 Å². The van der Waals surface area contributed by atoms with Crippen molar-refractivity contribution in [3.05, 3.63) is 29.6 Å². The molecule has 84 valence electrons. The average Bonchev–Trinajstić information content (AvgIpc) is 2.15. The van der Waals surface area contributed by atoms with Crippen molar-refractivity contribution in [1.82, 2.24) is 0 Å². The van der Waals surface area contributed by atoms with E-state index in [1.807, 2.05) is 0 Å². The number of benzene rings is 1. The van der Waals surface area contributed by atoms with Crippen LogP contribution in [-0.2, 0) is 6.61 Å². The molecule has 0 aliphatic carbocycles. The van der Waals surface area contributed by atoms with Crippen LogP contribution in [0.3, 0.4) is 0 Å². The van der Waals surface area contributed by atoms with Crippen molar-refractivity contribution in [3.63, 3.8) is 0 Å². The molecule has 0 bridgehead atoms. The second-order valence-corrected chi connectivity index (χ2v) is 2.82. The minimum atomic E-state index is -4.44. The predicted octanol–water partition coefficient (Wildman–Crippen LogP) is 2.26. The first-order chi connectivity index (χ1) is 6.92. The molecule has 0 fully saturated rings. The Morgan fingerprint density at radius 1 is 1.27 bits per heavy atom. The highest BCUT2D eigenvalue weighted by molar-refractivity contribution is 5.29. The second kappa shape index (κ2) is 4.48. The summed E-state index contributed by atoms with van der Waals surface area (Å²) in [5.74, 6) is -0.811. The maximum Gasteiger partial charge on any atom is 0.422 e. The van der Waals surface area contributed by atoms with E-state index >= 15 is 0 Å².